The number of benzene rings is 1. The van der Waals surface area contributed by atoms with Gasteiger partial charge in [-0.1, -0.05) is 18.2 Å². The van der Waals surface area contributed by atoms with Gasteiger partial charge >= 0.3 is 6.03 Å². The number of aliphatic hydroxyl groups is 1. The molecule has 132 valence electrons. The van der Waals surface area contributed by atoms with Crippen LogP contribution in [0.25, 0.3) is 11.0 Å². The van der Waals surface area contributed by atoms with Crippen LogP contribution in [-0.4, -0.2) is 23.7 Å². The van der Waals surface area contributed by atoms with Crippen molar-refractivity contribution < 1.29 is 18.7 Å². The van der Waals surface area contributed by atoms with Crippen LogP contribution in [0.3, 0.4) is 0 Å². The molecule has 3 aromatic rings. The van der Waals surface area contributed by atoms with E-state index in [1.54, 1.807) is 12.1 Å². The number of carbonyl (C=O) groups is 1. The number of amides is 2. The number of furan rings is 2. The highest BCUT2D eigenvalue weighted by Crippen LogP contribution is 2.19. The second-order valence-corrected chi connectivity index (χ2v) is 6.07. The number of para-hydroxylation sites is 1. The lowest BCUT2D eigenvalue weighted by atomic mass is 10.1. The maximum Gasteiger partial charge on any atom is 0.315 e. The fourth-order valence-electron chi connectivity index (χ4n) is 2.72. The lowest BCUT2D eigenvalue weighted by Gasteiger charge is -2.17. The zero-order valence-corrected chi connectivity index (χ0v) is 14.1. The van der Waals surface area contributed by atoms with Gasteiger partial charge in [-0.15, -0.1) is 0 Å². The summed E-state index contributed by atoms with van der Waals surface area (Å²) in [6.45, 7) is 2.31. The van der Waals surface area contributed by atoms with E-state index >= 15 is 0 Å². The molecule has 0 saturated heterocycles. The summed E-state index contributed by atoms with van der Waals surface area (Å²) >= 11 is 0. The van der Waals surface area contributed by atoms with Crippen molar-refractivity contribution >= 4 is 17.0 Å². The van der Waals surface area contributed by atoms with Crippen molar-refractivity contribution in [2.45, 2.75) is 31.9 Å². The highest BCUT2D eigenvalue weighted by Gasteiger charge is 2.16. The fourth-order valence-corrected chi connectivity index (χ4v) is 2.72. The highest BCUT2D eigenvalue weighted by molar-refractivity contribution is 5.77. The molecule has 2 atom stereocenters. The number of nitrogens with one attached hydrogen (secondary N) is 2. The Morgan fingerprint density at radius 1 is 1.24 bits per heavy atom. The van der Waals surface area contributed by atoms with Gasteiger partial charge in [-0.05, 0) is 31.2 Å². The first-order chi connectivity index (χ1) is 12.1. The number of hydrogen-bond acceptors (Lipinski definition) is 4. The van der Waals surface area contributed by atoms with Crippen LogP contribution in [0.1, 0.15) is 31.0 Å². The van der Waals surface area contributed by atoms with Gasteiger partial charge in [0.25, 0.3) is 0 Å². The summed E-state index contributed by atoms with van der Waals surface area (Å²) in [6.07, 6.45) is 1.78. The third-order valence-electron chi connectivity index (χ3n) is 3.96. The Hall–Kier alpha value is -2.73. The fraction of sp³-hybridized carbons (Fsp3) is 0.316. The molecule has 2 heterocycles. The molecule has 0 spiro atoms. The van der Waals surface area contributed by atoms with E-state index in [1.807, 2.05) is 37.3 Å². The number of fused-ring (bicyclic) bond motifs is 1. The maximum absolute atomic E-state index is 11.9. The largest absolute Gasteiger partial charge is 0.467 e. The van der Waals surface area contributed by atoms with Crippen molar-refractivity contribution in [3.63, 3.8) is 0 Å². The van der Waals surface area contributed by atoms with Gasteiger partial charge in [0.1, 0.15) is 23.2 Å². The Kier molecular flexibility index (Phi) is 5.40. The van der Waals surface area contributed by atoms with E-state index in [9.17, 15) is 9.90 Å². The Balaban J connectivity index is 1.40. The average Bonchev–Trinajstić information content (AvgIpc) is 3.24. The van der Waals surface area contributed by atoms with Crippen LogP contribution in [0, 0.1) is 0 Å². The van der Waals surface area contributed by atoms with Crippen molar-refractivity contribution in [2.75, 3.05) is 6.54 Å². The molecule has 0 fully saturated rings. The maximum atomic E-state index is 11.9. The Morgan fingerprint density at radius 3 is 2.84 bits per heavy atom. The Labute approximate surface area is 145 Å². The first kappa shape index (κ1) is 17.1. The number of hydrogen-bond donors (Lipinski definition) is 3. The minimum Gasteiger partial charge on any atom is -0.467 e. The quantitative estimate of drug-likeness (QED) is 0.614. The molecule has 3 rings (SSSR count). The van der Waals surface area contributed by atoms with E-state index in [1.165, 1.54) is 6.26 Å². The minimum atomic E-state index is -0.735. The van der Waals surface area contributed by atoms with Crippen LogP contribution in [0.2, 0.25) is 0 Å². The van der Waals surface area contributed by atoms with Crippen molar-refractivity contribution in [1.29, 1.82) is 0 Å². The molecule has 2 amide bonds. The van der Waals surface area contributed by atoms with Gasteiger partial charge in [0.2, 0.25) is 0 Å². The first-order valence-electron chi connectivity index (χ1n) is 8.35. The molecule has 2 unspecified atom stereocenters. The summed E-state index contributed by atoms with van der Waals surface area (Å²) in [4.78, 5) is 11.9. The summed E-state index contributed by atoms with van der Waals surface area (Å²) < 4.78 is 10.9. The SMILES string of the molecule is CC(CC(O)c1ccco1)NC(=O)NCCc1cc2ccccc2o1. The van der Waals surface area contributed by atoms with Crippen LogP contribution in [-0.2, 0) is 6.42 Å². The average molecular weight is 342 g/mol. The molecule has 0 aliphatic rings. The third-order valence-corrected chi connectivity index (χ3v) is 3.96. The number of aliphatic hydroxyl groups excluding tert-OH is 1. The third kappa shape index (κ3) is 4.64. The molecule has 0 saturated carbocycles. The summed E-state index contributed by atoms with van der Waals surface area (Å²) in [6, 6.07) is 12.8. The van der Waals surface area contributed by atoms with Gasteiger partial charge in [-0.3, -0.25) is 0 Å². The van der Waals surface area contributed by atoms with Crippen LogP contribution in [0.15, 0.2) is 57.6 Å². The lowest BCUT2D eigenvalue weighted by molar-refractivity contribution is 0.129. The van der Waals surface area contributed by atoms with Gasteiger partial charge in [0.15, 0.2) is 0 Å². The minimum absolute atomic E-state index is 0.189. The monoisotopic (exact) mass is 342 g/mol. The van der Waals surface area contributed by atoms with Gasteiger partial charge in [-0.2, -0.15) is 0 Å². The van der Waals surface area contributed by atoms with Gasteiger partial charge in [-0.25, -0.2) is 4.79 Å². The molecule has 0 radical (unpaired) electrons. The Morgan fingerprint density at radius 2 is 2.08 bits per heavy atom. The normalized spacial score (nSPS) is 13.5. The van der Waals surface area contributed by atoms with Gasteiger partial charge < -0.3 is 24.6 Å². The molecule has 0 aliphatic carbocycles. The molecular weight excluding hydrogens is 320 g/mol. The smallest absolute Gasteiger partial charge is 0.315 e. The van der Waals surface area contributed by atoms with Crippen LogP contribution in [0.4, 0.5) is 4.79 Å². The van der Waals surface area contributed by atoms with E-state index in [4.69, 9.17) is 8.83 Å². The summed E-state index contributed by atoms with van der Waals surface area (Å²) in [5.41, 5.74) is 0.850. The van der Waals surface area contributed by atoms with Crippen molar-refractivity contribution in [1.82, 2.24) is 10.6 Å². The second-order valence-electron chi connectivity index (χ2n) is 6.07. The first-order valence-corrected chi connectivity index (χ1v) is 8.35. The molecule has 1 aromatic carbocycles. The number of urea groups is 1. The van der Waals surface area contributed by atoms with Crippen LogP contribution < -0.4 is 10.6 Å². The molecule has 0 aliphatic heterocycles. The van der Waals surface area contributed by atoms with E-state index < -0.39 is 6.10 Å². The second kappa shape index (κ2) is 7.90. The predicted molar refractivity (Wildman–Crippen MR) is 94.2 cm³/mol. The lowest BCUT2D eigenvalue weighted by Crippen LogP contribution is -2.42. The molecule has 2 aromatic heterocycles. The summed E-state index contributed by atoms with van der Waals surface area (Å²) in [5.74, 6) is 1.33. The predicted octanol–water partition coefficient (Wildman–Crippen LogP) is 3.38. The zero-order chi connectivity index (χ0) is 17.6. The summed E-state index contributed by atoms with van der Waals surface area (Å²) in [5, 5.41) is 16.7. The van der Waals surface area contributed by atoms with Gasteiger partial charge in [0, 0.05) is 30.8 Å². The van der Waals surface area contributed by atoms with E-state index in [0.717, 1.165) is 16.7 Å². The zero-order valence-electron chi connectivity index (χ0n) is 14.1. The molecule has 6 nitrogen and oxygen atoms in total. The van der Waals surface area contributed by atoms with Crippen molar-refractivity contribution in [3.05, 3.63) is 60.2 Å². The van der Waals surface area contributed by atoms with E-state index in [2.05, 4.69) is 10.6 Å². The number of rotatable bonds is 7. The standard InChI is InChI=1S/C19H22N2O4/c1-13(11-16(22)18-7-4-10-24-18)21-19(23)20-9-8-15-12-14-5-2-3-6-17(14)25-15/h2-7,10,12-13,16,22H,8-9,11H2,1H3,(H2,20,21,23). The van der Waals surface area contributed by atoms with Crippen molar-refractivity contribution in [3.8, 4) is 0 Å². The van der Waals surface area contributed by atoms with Crippen LogP contribution >= 0.6 is 0 Å². The number of carbonyl (C=O) groups excluding carboxylic acids is 1. The topological polar surface area (TPSA) is 87.6 Å². The van der Waals surface area contributed by atoms with Crippen molar-refractivity contribution in [2.24, 2.45) is 0 Å². The molecule has 3 N–H and O–H groups in total. The van der Waals surface area contributed by atoms with E-state index in [0.29, 0.717) is 25.1 Å². The highest BCUT2D eigenvalue weighted by atomic mass is 16.4. The van der Waals surface area contributed by atoms with Crippen LogP contribution in [0.5, 0.6) is 0 Å². The van der Waals surface area contributed by atoms with Gasteiger partial charge in [0.05, 0.1) is 6.26 Å². The molecular formula is C19H22N2O4. The molecule has 25 heavy (non-hydrogen) atoms. The van der Waals surface area contributed by atoms with E-state index in [-0.39, 0.29) is 12.1 Å². The molecule has 6 heteroatoms. The molecule has 0 bridgehead atoms. The summed E-state index contributed by atoms with van der Waals surface area (Å²) in [7, 11) is 0. The Bertz CT molecular complexity index is 777.